The van der Waals surface area contributed by atoms with Gasteiger partial charge in [-0.1, -0.05) is 44.2 Å². The minimum Gasteiger partial charge on any atom is -0.315 e. The number of rotatable bonds is 5. The molecule has 1 unspecified atom stereocenters. The molecule has 1 amide bonds. The van der Waals surface area contributed by atoms with E-state index in [2.05, 4.69) is 30.9 Å². The van der Waals surface area contributed by atoms with Gasteiger partial charge in [0.15, 0.2) is 0 Å². The molecule has 0 aromatic heterocycles. The van der Waals surface area contributed by atoms with E-state index in [1.54, 1.807) is 6.08 Å². The molecule has 0 saturated heterocycles. The fraction of sp³-hybridized carbons (Fsp3) is 0.438. The van der Waals surface area contributed by atoms with Gasteiger partial charge in [-0.2, -0.15) is 0 Å². The van der Waals surface area contributed by atoms with Crippen LogP contribution in [0, 0.1) is 0 Å². The van der Waals surface area contributed by atoms with Gasteiger partial charge in [0.2, 0.25) is 5.91 Å². The molecule has 1 heterocycles. The van der Waals surface area contributed by atoms with Crippen molar-refractivity contribution in [3.05, 3.63) is 47.5 Å². The Morgan fingerprint density at radius 2 is 1.79 bits per heavy atom. The highest BCUT2D eigenvalue weighted by molar-refractivity contribution is 5.91. The Hall–Kier alpha value is -1.61. The summed E-state index contributed by atoms with van der Waals surface area (Å²) in [5.41, 5.74) is 2.32. The Labute approximate surface area is 115 Å². The standard InChI is InChI=1S/C16H22N2O/c1-4-17(5-2)16-13(3)11-15(19)18(16)12-14-9-7-6-8-10-14/h6-11,16H,4-5,12H2,1-3H3. The molecule has 1 aliphatic heterocycles. The lowest BCUT2D eigenvalue weighted by atomic mass is 10.2. The molecule has 3 nitrogen and oxygen atoms in total. The van der Waals surface area contributed by atoms with Gasteiger partial charge in [0.05, 0.1) is 0 Å². The average molecular weight is 258 g/mol. The topological polar surface area (TPSA) is 23.6 Å². The van der Waals surface area contributed by atoms with Crippen molar-refractivity contribution in [1.82, 2.24) is 9.80 Å². The lowest BCUT2D eigenvalue weighted by Gasteiger charge is -2.35. The number of carbonyl (C=O) groups excluding carboxylic acids is 1. The van der Waals surface area contributed by atoms with Crippen LogP contribution >= 0.6 is 0 Å². The molecule has 3 heteroatoms. The molecule has 0 radical (unpaired) electrons. The number of carbonyl (C=O) groups is 1. The van der Waals surface area contributed by atoms with Crippen molar-refractivity contribution < 1.29 is 4.79 Å². The minimum absolute atomic E-state index is 0.114. The molecule has 0 spiro atoms. The first-order chi connectivity index (χ1) is 9.17. The first kappa shape index (κ1) is 13.8. The van der Waals surface area contributed by atoms with E-state index >= 15 is 0 Å². The minimum atomic E-state index is 0.114. The summed E-state index contributed by atoms with van der Waals surface area (Å²) in [6.07, 6.45) is 1.88. The summed E-state index contributed by atoms with van der Waals surface area (Å²) in [7, 11) is 0. The molecule has 1 aromatic rings. The Bertz CT molecular complexity index is 463. The van der Waals surface area contributed by atoms with Crippen molar-refractivity contribution >= 4 is 5.91 Å². The van der Waals surface area contributed by atoms with Crippen LogP contribution in [0.25, 0.3) is 0 Å². The lowest BCUT2D eigenvalue weighted by Crippen LogP contribution is -2.47. The molecule has 1 aliphatic rings. The number of hydrogen-bond donors (Lipinski definition) is 0. The number of hydrogen-bond acceptors (Lipinski definition) is 2. The summed E-state index contributed by atoms with van der Waals surface area (Å²) in [6.45, 7) is 8.90. The van der Waals surface area contributed by atoms with E-state index in [1.165, 1.54) is 5.56 Å². The van der Waals surface area contributed by atoms with Crippen LogP contribution in [0.4, 0.5) is 0 Å². The van der Waals surface area contributed by atoms with Crippen LogP contribution < -0.4 is 0 Å². The van der Waals surface area contributed by atoms with Crippen LogP contribution in [0.3, 0.4) is 0 Å². The average Bonchev–Trinajstić information content (AvgIpc) is 2.69. The van der Waals surface area contributed by atoms with E-state index in [-0.39, 0.29) is 12.1 Å². The SMILES string of the molecule is CCN(CC)C1C(C)=CC(=O)N1Cc1ccccc1. The van der Waals surface area contributed by atoms with Crippen molar-refractivity contribution in [1.29, 1.82) is 0 Å². The largest absolute Gasteiger partial charge is 0.315 e. The van der Waals surface area contributed by atoms with Gasteiger partial charge in [-0.15, -0.1) is 0 Å². The van der Waals surface area contributed by atoms with Gasteiger partial charge in [-0.3, -0.25) is 9.69 Å². The molecular weight excluding hydrogens is 236 g/mol. The molecule has 0 saturated carbocycles. The Morgan fingerprint density at radius 3 is 2.37 bits per heavy atom. The number of amides is 1. The second-order valence-electron chi connectivity index (χ2n) is 4.93. The molecule has 0 bridgehead atoms. The van der Waals surface area contributed by atoms with Crippen LogP contribution in [0.5, 0.6) is 0 Å². The first-order valence-electron chi connectivity index (χ1n) is 6.94. The highest BCUT2D eigenvalue weighted by Gasteiger charge is 2.33. The molecule has 0 aliphatic carbocycles. The fourth-order valence-electron chi connectivity index (χ4n) is 2.72. The smallest absolute Gasteiger partial charge is 0.248 e. The molecule has 0 N–H and O–H groups in total. The predicted octanol–water partition coefficient (Wildman–Crippen LogP) is 2.64. The second kappa shape index (κ2) is 6.02. The van der Waals surface area contributed by atoms with E-state index in [0.29, 0.717) is 6.54 Å². The van der Waals surface area contributed by atoms with Gasteiger partial charge in [0, 0.05) is 12.6 Å². The molecular formula is C16H22N2O. The predicted molar refractivity (Wildman–Crippen MR) is 77.5 cm³/mol. The molecule has 19 heavy (non-hydrogen) atoms. The maximum Gasteiger partial charge on any atom is 0.248 e. The van der Waals surface area contributed by atoms with E-state index < -0.39 is 0 Å². The number of benzene rings is 1. The van der Waals surface area contributed by atoms with Crippen molar-refractivity contribution in [2.24, 2.45) is 0 Å². The van der Waals surface area contributed by atoms with E-state index in [1.807, 2.05) is 30.0 Å². The van der Waals surface area contributed by atoms with Gasteiger partial charge in [0.25, 0.3) is 0 Å². The van der Waals surface area contributed by atoms with Crippen LogP contribution in [0.15, 0.2) is 42.0 Å². The third kappa shape index (κ3) is 2.87. The third-order valence-electron chi connectivity index (χ3n) is 3.69. The molecule has 102 valence electrons. The Balaban J connectivity index is 2.20. The van der Waals surface area contributed by atoms with Crippen molar-refractivity contribution in [3.63, 3.8) is 0 Å². The highest BCUT2D eigenvalue weighted by Crippen LogP contribution is 2.24. The lowest BCUT2D eigenvalue weighted by molar-refractivity contribution is -0.129. The quantitative estimate of drug-likeness (QED) is 0.810. The summed E-state index contributed by atoms with van der Waals surface area (Å²) in [6, 6.07) is 10.2. The fourth-order valence-corrected chi connectivity index (χ4v) is 2.72. The zero-order chi connectivity index (χ0) is 13.8. The van der Waals surface area contributed by atoms with Crippen LogP contribution in [-0.4, -0.2) is 35.0 Å². The molecule has 2 rings (SSSR count). The molecule has 0 fully saturated rings. The van der Waals surface area contributed by atoms with Crippen molar-refractivity contribution in [3.8, 4) is 0 Å². The zero-order valence-corrected chi connectivity index (χ0v) is 12.0. The van der Waals surface area contributed by atoms with Crippen LogP contribution in [0.2, 0.25) is 0 Å². The Kier molecular flexibility index (Phi) is 4.38. The second-order valence-corrected chi connectivity index (χ2v) is 4.93. The van der Waals surface area contributed by atoms with Gasteiger partial charge in [-0.05, 0) is 31.1 Å². The summed E-state index contributed by atoms with van der Waals surface area (Å²) < 4.78 is 0. The van der Waals surface area contributed by atoms with Crippen molar-refractivity contribution in [2.45, 2.75) is 33.5 Å². The van der Waals surface area contributed by atoms with Crippen molar-refractivity contribution in [2.75, 3.05) is 13.1 Å². The van der Waals surface area contributed by atoms with Gasteiger partial charge < -0.3 is 4.90 Å². The van der Waals surface area contributed by atoms with Gasteiger partial charge >= 0.3 is 0 Å². The van der Waals surface area contributed by atoms with Crippen LogP contribution in [-0.2, 0) is 11.3 Å². The molecule has 1 aromatic carbocycles. The van der Waals surface area contributed by atoms with Gasteiger partial charge in [-0.25, -0.2) is 0 Å². The number of likely N-dealkylation sites (N-methyl/N-ethyl adjacent to an activating group) is 1. The van der Waals surface area contributed by atoms with Gasteiger partial charge in [0.1, 0.15) is 6.17 Å². The van der Waals surface area contributed by atoms with E-state index in [9.17, 15) is 4.79 Å². The van der Waals surface area contributed by atoms with Crippen LogP contribution in [0.1, 0.15) is 26.3 Å². The third-order valence-corrected chi connectivity index (χ3v) is 3.69. The normalized spacial score (nSPS) is 19.2. The monoisotopic (exact) mass is 258 g/mol. The summed E-state index contributed by atoms with van der Waals surface area (Å²) >= 11 is 0. The Morgan fingerprint density at radius 1 is 1.16 bits per heavy atom. The maximum atomic E-state index is 12.2. The van der Waals surface area contributed by atoms with E-state index in [4.69, 9.17) is 0 Å². The summed E-state index contributed by atoms with van der Waals surface area (Å²) in [5, 5.41) is 0. The highest BCUT2D eigenvalue weighted by atomic mass is 16.2. The number of nitrogens with zero attached hydrogens (tertiary/aromatic N) is 2. The maximum absolute atomic E-state index is 12.2. The molecule has 1 atom stereocenters. The van der Waals surface area contributed by atoms with E-state index in [0.717, 1.165) is 18.7 Å². The zero-order valence-electron chi connectivity index (χ0n) is 12.0. The first-order valence-corrected chi connectivity index (χ1v) is 6.94. The summed E-state index contributed by atoms with van der Waals surface area (Å²) in [5.74, 6) is 0.123. The summed E-state index contributed by atoms with van der Waals surface area (Å²) in [4.78, 5) is 16.4.